The van der Waals surface area contributed by atoms with Gasteiger partial charge in [-0.25, -0.2) is 9.59 Å². The van der Waals surface area contributed by atoms with Gasteiger partial charge in [0.1, 0.15) is 12.6 Å². The number of aliphatic hydroxyl groups excluding tert-OH is 1. The van der Waals surface area contributed by atoms with Gasteiger partial charge >= 0.3 is 12.1 Å². The highest BCUT2D eigenvalue weighted by Gasteiger charge is 2.30. The number of esters is 1. The van der Waals surface area contributed by atoms with E-state index in [4.69, 9.17) is 10.5 Å². The number of alkyl carbamates (subject to hydrolysis) is 1. The van der Waals surface area contributed by atoms with Gasteiger partial charge in [0.25, 0.3) is 0 Å². The Morgan fingerprint density at radius 2 is 1.79 bits per heavy atom. The highest BCUT2D eigenvalue weighted by Crippen LogP contribution is 2.04. The molecule has 0 saturated carbocycles. The minimum atomic E-state index is -1.34. The Morgan fingerprint density at radius 3 is 2.32 bits per heavy atom. The number of hydrogen-bond donors (Lipinski definition) is 4. The van der Waals surface area contributed by atoms with Gasteiger partial charge in [-0.2, -0.15) is 0 Å². The molecular formula is C18H25N3O7. The number of primary amides is 1. The lowest BCUT2D eigenvalue weighted by atomic mass is 10.1. The highest BCUT2D eigenvalue weighted by molar-refractivity contribution is 5.90. The Morgan fingerprint density at radius 1 is 1.14 bits per heavy atom. The number of aliphatic hydroxyl groups is 1. The predicted molar refractivity (Wildman–Crippen MR) is 97.6 cm³/mol. The van der Waals surface area contributed by atoms with Gasteiger partial charge in [0, 0.05) is 6.42 Å². The molecule has 0 saturated heterocycles. The summed E-state index contributed by atoms with van der Waals surface area (Å²) >= 11 is 0. The topological polar surface area (TPSA) is 157 Å². The predicted octanol–water partition coefficient (Wildman–Crippen LogP) is -0.414. The first kappa shape index (κ1) is 22.9. The van der Waals surface area contributed by atoms with Gasteiger partial charge < -0.3 is 30.9 Å². The Balaban J connectivity index is 2.74. The number of carbonyl (C=O) groups is 4. The van der Waals surface area contributed by atoms with E-state index in [-0.39, 0.29) is 19.4 Å². The molecule has 0 radical (unpaired) electrons. The molecular weight excluding hydrogens is 370 g/mol. The Kier molecular flexibility index (Phi) is 9.44. The largest absolute Gasteiger partial charge is 0.467 e. The third-order valence-electron chi connectivity index (χ3n) is 3.74. The van der Waals surface area contributed by atoms with Crippen LogP contribution in [0.3, 0.4) is 0 Å². The van der Waals surface area contributed by atoms with Crippen LogP contribution < -0.4 is 16.4 Å². The van der Waals surface area contributed by atoms with Crippen LogP contribution in [0.4, 0.5) is 4.79 Å². The summed E-state index contributed by atoms with van der Waals surface area (Å²) in [7, 11) is 1.10. The number of ether oxygens (including phenoxy) is 2. The van der Waals surface area contributed by atoms with Crippen molar-refractivity contribution < 1.29 is 33.8 Å². The van der Waals surface area contributed by atoms with E-state index in [9.17, 15) is 24.3 Å². The smallest absolute Gasteiger partial charge is 0.408 e. The van der Waals surface area contributed by atoms with Gasteiger partial charge in [-0.3, -0.25) is 9.59 Å². The van der Waals surface area contributed by atoms with Crippen molar-refractivity contribution >= 4 is 23.9 Å². The second-order valence-electron chi connectivity index (χ2n) is 6.01. The maximum atomic E-state index is 12.4. The van der Waals surface area contributed by atoms with Crippen molar-refractivity contribution in [1.82, 2.24) is 10.6 Å². The molecule has 1 aromatic carbocycles. The van der Waals surface area contributed by atoms with Crippen LogP contribution in [0, 0.1) is 0 Å². The van der Waals surface area contributed by atoms with Gasteiger partial charge in [0.2, 0.25) is 11.8 Å². The van der Waals surface area contributed by atoms with Gasteiger partial charge in [-0.15, -0.1) is 0 Å². The molecule has 3 unspecified atom stereocenters. The summed E-state index contributed by atoms with van der Waals surface area (Å²) in [6, 6.07) is 6.35. The molecule has 0 spiro atoms. The molecule has 1 rings (SSSR count). The molecule has 10 nitrogen and oxygen atoms in total. The average Bonchev–Trinajstić information content (AvgIpc) is 2.67. The zero-order valence-electron chi connectivity index (χ0n) is 15.7. The van der Waals surface area contributed by atoms with Gasteiger partial charge in [0.05, 0.1) is 13.2 Å². The van der Waals surface area contributed by atoms with E-state index in [1.165, 1.54) is 6.92 Å². The number of benzene rings is 1. The maximum absolute atomic E-state index is 12.4. The first-order valence-electron chi connectivity index (χ1n) is 8.56. The van der Waals surface area contributed by atoms with Crippen LogP contribution >= 0.6 is 0 Å². The summed E-state index contributed by atoms with van der Waals surface area (Å²) in [5.74, 6) is -2.32. The minimum Gasteiger partial charge on any atom is -0.467 e. The first-order chi connectivity index (χ1) is 13.2. The number of nitrogens with two attached hydrogens (primary N) is 1. The van der Waals surface area contributed by atoms with Crippen LogP contribution in [0.2, 0.25) is 0 Å². The zero-order chi connectivity index (χ0) is 21.1. The molecule has 0 heterocycles. The van der Waals surface area contributed by atoms with Crippen LogP contribution in [0.5, 0.6) is 0 Å². The fourth-order valence-electron chi connectivity index (χ4n) is 2.22. The van der Waals surface area contributed by atoms with Crippen molar-refractivity contribution in [3.05, 3.63) is 35.9 Å². The first-order valence-corrected chi connectivity index (χ1v) is 8.56. The fraction of sp³-hybridized carbons (Fsp3) is 0.444. The van der Waals surface area contributed by atoms with Crippen LogP contribution in [0.15, 0.2) is 30.3 Å². The normalized spacial score (nSPS) is 13.5. The lowest BCUT2D eigenvalue weighted by molar-refractivity contribution is -0.148. The lowest BCUT2D eigenvalue weighted by Crippen LogP contribution is -2.55. The molecule has 0 aliphatic carbocycles. The molecule has 154 valence electrons. The second kappa shape index (κ2) is 11.5. The van der Waals surface area contributed by atoms with E-state index in [0.29, 0.717) is 0 Å². The van der Waals surface area contributed by atoms with E-state index >= 15 is 0 Å². The summed E-state index contributed by atoms with van der Waals surface area (Å²) in [6.45, 7) is 1.27. The van der Waals surface area contributed by atoms with E-state index in [1.54, 1.807) is 24.3 Å². The summed E-state index contributed by atoms with van der Waals surface area (Å²) in [6.07, 6.45) is -2.43. The van der Waals surface area contributed by atoms with Gasteiger partial charge in [-0.05, 0) is 18.9 Å². The molecule has 3 amide bonds. The Bertz CT molecular complexity index is 679. The van der Waals surface area contributed by atoms with E-state index in [0.717, 1.165) is 12.7 Å². The number of rotatable bonds is 10. The molecule has 1 aromatic rings. The van der Waals surface area contributed by atoms with Crippen molar-refractivity contribution in [3.8, 4) is 0 Å². The Hall–Kier alpha value is -3.14. The van der Waals surface area contributed by atoms with E-state index in [1.807, 2.05) is 6.07 Å². The van der Waals surface area contributed by atoms with Crippen LogP contribution in [-0.4, -0.2) is 54.3 Å². The van der Waals surface area contributed by atoms with Gasteiger partial charge in [0.15, 0.2) is 6.04 Å². The quantitative estimate of drug-likeness (QED) is 0.392. The van der Waals surface area contributed by atoms with Crippen LogP contribution in [-0.2, 0) is 30.5 Å². The molecule has 0 fully saturated rings. The second-order valence-corrected chi connectivity index (χ2v) is 6.01. The van der Waals surface area contributed by atoms with Crippen LogP contribution in [0.25, 0.3) is 0 Å². The fourth-order valence-corrected chi connectivity index (χ4v) is 2.22. The molecule has 5 N–H and O–H groups in total. The molecule has 3 atom stereocenters. The van der Waals surface area contributed by atoms with Crippen molar-refractivity contribution in [2.45, 2.75) is 44.6 Å². The van der Waals surface area contributed by atoms with Crippen molar-refractivity contribution in [2.75, 3.05) is 7.11 Å². The SMILES string of the molecule is COC(=O)C(NC(=O)C(CCC(N)=O)NC(=O)OCc1ccccc1)C(C)O. The maximum Gasteiger partial charge on any atom is 0.408 e. The third-order valence-corrected chi connectivity index (χ3v) is 3.74. The minimum absolute atomic E-state index is 0.0186. The molecule has 0 aliphatic heterocycles. The number of methoxy groups -OCH3 is 1. The standard InChI is InChI=1S/C18H25N3O7/c1-11(22)15(17(25)27-2)21-16(24)13(8-9-14(19)23)20-18(26)28-10-12-6-4-3-5-7-12/h3-7,11,13,15,22H,8-10H2,1-2H3,(H2,19,23)(H,20,26)(H,21,24). The summed E-state index contributed by atoms with van der Waals surface area (Å²) in [5, 5.41) is 14.3. The molecule has 28 heavy (non-hydrogen) atoms. The lowest BCUT2D eigenvalue weighted by Gasteiger charge is -2.23. The number of hydrogen-bond acceptors (Lipinski definition) is 7. The molecule has 0 aliphatic rings. The number of nitrogens with one attached hydrogen (secondary N) is 2. The van der Waals surface area contributed by atoms with Crippen molar-refractivity contribution in [3.63, 3.8) is 0 Å². The average molecular weight is 395 g/mol. The molecule has 0 aromatic heterocycles. The highest BCUT2D eigenvalue weighted by atomic mass is 16.5. The van der Waals surface area contributed by atoms with Crippen molar-refractivity contribution in [1.29, 1.82) is 0 Å². The molecule has 10 heteroatoms. The van der Waals surface area contributed by atoms with Crippen molar-refractivity contribution in [2.24, 2.45) is 5.73 Å². The summed E-state index contributed by atoms with van der Waals surface area (Å²) in [5.41, 5.74) is 5.84. The van der Waals surface area contributed by atoms with Crippen LogP contribution in [0.1, 0.15) is 25.3 Å². The molecule has 0 bridgehead atoms. The number of amides is 3. The summed E-state index contributed by atoms with van der Waals surface area (Å²) in [4.78, 5) is 47.2. The third kappa shape index (κ3) is 8.04. The Labute approximate surface area is 162 Å². The van der Waals surface area contributed by atoms with Gasteiger partial charge in [-0.1, -0.05) is 30.3 Å². The summed E-state index contributed by atoms with van der Waals surface area (Å²) < 4.78 is 9.57. The monoisotopic (exact) mass is 395 g/mol. The van der Waals surface area contributed by atoms with E-state index < -0.39 is 42.1 Å². The number of carbonyl (C=O) groups excluding carboxylic acids is 4. The zero-order valence-corrected chi connectivity index (χ0v) is 15.7. The van der Waals surface area contributed by atoms with E-state index in [2.05, 4.69) is 15.4 Å².